The number of nitro groups is 1. The number of carbonyl (C=O) groups is 1. The van der Waals surface area contributed by atoms with Gasteiger partial charge in [-0.1, -0.05) is 17.7 Å². The van der Waals surface area contributed by atoms with Gasteiger partial charge < -0.3 is 4.90 Å². The highest BCUT2D eigenvalue weighted by atomic mass is 32.2. The molecule has 0 aliphatic carbocycles. The summed E-state index contributed by atoms with van der Waals surface area (Å²) >= 11 is 0. The maximum atomic E-state index is 12.5. The first-order valence-electron chi connectivity index (χ1n) is 7.90. The average molecular weight is 375 g/mol. The van der Waals surface area contributed by atoms with E-state index in [1.165, 1.54) is 12.1 Å². The molecular weight excluding hydrogens is 358 g/mol. The number of anilines is 1. The van der Waals surface area contributed by atoms with Gasteiger partial charge in [-0.2, -0.15) is 0 Å². The third kappa shape index (κ3) is 3.73. The molecule has 3 rings (SSSR count). The first-order chi connectivity index (χ1) is 12.3. The number of carbonyl (C=O) groups excluding carboxylic acids is 1. The van der Waals surface area contributed by atoms with E-state index >= 15 is 0 Å². The lowest BCUT2D eigenvalue weighted by molar-refractivity contribution is -0.384. The molecule has 1 atom stereocenters. The Bertz CT molecular complexity index is 939. The van der Waals surface area contributed by atoms with Crippen molar-refractivity contribution in [2.45, 2.75) is 24.3 Å². The molecular formula is C17H17N3O5S. The van der Waals surface area contributed by atoms with Crippen molar-refractivity contribution in [1.82, 2.24) is 4.72 Å². The van der Waals surface area contributed by atoms with Crippen molar-refractivity contribution in [3.05, 3.63) is 64.2 Å². The van der Waals surface area contributed by atoms with Gasteiger partial charge >= 0.3 is 0 Å². The van der Waals surface area contributed by atoms with Crippen LogP contribution >= 0.6 is 0 Å². The van der Waals surface area contributed by atoms with Crippen molar-refractivity contribution >= 4 is 27.3 Å². The average Bonchev–Trinajstić information content (AvgIpc) is 2.95. The largest absolute Gasteiger partial charge is 0.311 e. The molecule has 1 saturated heterocycles. The van der Waals surface area contributed by atoms with Gasteiger partial charge in [0.05, 0.1) is 9.82 Å². The second-order valence-electron chi connectivity index (χ2n) is 6.11. The van der Waals surface area contributed by atoms with Gasteiger partial charge in [0.2, 0.25) is 15.9 Å². The van der Waals surface area contributed by atoms with Gasteiger partial charge in [0.15, 0.2) is 0 Å². The molecule has 8 nitrogen and oxygen atoms in total. The molecule has 1 amide bonds. The molecule has 2 aromatic carbocycles. The van der Waals surface area contributed by atoms with E-state index in [0.717, 1.165) is 23.4 Å². The summed E-state index contributed by atoms with van der Waals surface area (Å²) in [7, 11) is -3.87. The summed E-state index contributed by atoms with van der Waals surface area (Å²) in [6, 6.07) is 11.5. The molecule has 1 fully saturated rings. The van der Waals surface area contributed by atoms with Crippen molar-refractivity contribution in [3.63, 3.8) is 0 Å². The quantitative estimate of drug-likeness (QED) is 0.635. The summed E-state index contributed by atoms with van der Waals surface area (Å²) < 4.78 is 27.4. The Hall–Kier alpha value is -2.78. The zero-order chi connectivity index (χ0) is 18.9. The zero-order valence-corrected chi connectivity index (χ0v) is 14.8. The summed E-state index contributed by atoms with van der Waals surface area (Å²) in [6.45, 7) is 2.17. The molecule has 1 aliphatic heterocycles. The third-order valence-corrected chi connectivity index (χ3v) is 5.69. The smallest absolute Gasteiger partial charge is 0.269 e. The van der Waals surface area contributed by atoms with Crippen LogP contribution in [0, 0.1) is 17.0 Å². The van der Waals surface area contributed by atoms with Gasteiger partial charge in [-0.05, 0) is 31.2 Å². The fraction of sp³-hybridized carbons (Fsp3) is 0.235. The lowest BCUT2D eigenvalue weighted by Crippen LogP contribution is -2.37. The minimum atomic E-state index is -3.87. The minimum absolute atomic E-state index is 0.0556. The van der Waals surface area contributed by atoms with Gasteiger partial charge in [-0.25, -0.2) is 13.1 Å². The van der Waals surface area contributed by atoms with Crippen LogP contribution < -0.4 is 9.62 Å². The molecule has 0 spiro atoms. The molecule has 0 bridgehead atoms. The maximum Gasteiger partial charge on any atom is 0.269 e. The fourth-order valence-corrected chi connectivity index (χ4v) is 4.02. The van der Waals surface area contributed by atoms with Crippen LogP contribution in [-0.2, 0) is 14.8 Å². The number of nitrogens with zero attached hydrogens (tertiary/aromatic N) is 2. The highest BCUT2D eigenvalue weighted by Gasteiger charge is 2.33. The van der Waals surface area contributed by atoms with Gasteiger partial charge in [0, 0.05) is 36.8 Å². The predicted octanol–water partition coefficient (Wildman–Crippen LogP) is 1.99. The molecule has 1 unspecified atom stereocenters. The maximum absolute atomic E-state index is 12.5. The van der Waals surface area contributed by atoms with Crippen LogP contribution in [0.25, 0.3) is 0 Å². The van der Waals surface area contributed by atoms with Crippen LogP contribution in [0.3, 0.4) is 0 Å². The summed E-state index contributed by atoms with van der Waals surface area (Å²) in [5, 5.41) is 10.7. The van der Waals surface area contributed by atoms with Crippen LogP contribution in [-0.4, -0.2) is 31.8 Å². The fourth-order valence-electron chi connectivity index (χ4n) is 2.80. The monoisotopic (exact) mass is 375 g/mol. The molecule has 0 saturated carbocycles. The number of benzene rings is 2. The molecule has 1 heterocycles. The topological polar surface area (TPSA) is 110 Å². The van der Waals surface area contributed by atoms with E-state index in [1.54, 1.807) is 4.90 Å². The molecule has 9 heteroatoms. The van der Waals surface area contributed by atoms with E-state index in [-0.39, 0.29) is 29.5 Å². The molecule has 0 aromatic heterocycles. The van der Waals surface area contributed by atoms with Crippen LogP contribution in [0.5, 0.6) is 0 Å². The lowest BCUT2D eigenvalue weighted by Gasteiger charge is -2.17. The third-order valence-electron chi connectivity index (χ3n) is 4.15. The highest BCUT2D eigenvalue weighted by molar-refractivity contribution is 7.89. The molecule has 1 aliphatic rings. The first kappa shape index (κ1) is 18.0. The SMILES string of the molecule is Cc1ccc(N2CC(NS(=O)(=O)c3ccc([N+](=O)[O-])cc3)CC2=O)cc1. The summed E-state index contributed by atoms with van der Waals surface area (Å²) in [5.74, 6) is -0.162. The number of aryl methyl sites for hydroxylation is 1. The number of amides is 1. The number of nitrogens with one attached hydrogen (secondary N) is 1. The Morgan fingerprint density at radius 1 is 1.12 bits per heavy atom. The second-order valence-corrected chi connectivity index (χ2v) is 7.83. The molecule has 1 N–H and O–H groups in total. The first-order valence-corrected chi connectivity index (χ1v) is 9.38. The van der Waals surface area contributed by atoms with E-state index < -0.39 is 21.0 Å². The second kappa shape index (κ2) is 6.85. The van der Waals surface area contributed by atoms with Crippen molar-refractivity contribution < 1.29 is 18.1 Å². The van der Waals surface area contributed by atoms with Crippen LogP contribution in [0.4, 0.5) is 11.4 Å². The standard InChI is InChI=1S/C17H17N3O5S/c1-12-2-4-14(5-3-12)19-11-13(10-17(19)21)18-26(24,25)16-8-6-15(7-9-16)20(22)23/h2-9,13,18H,10-11H2,1H3. The molecule has 136 valence electrons. The van der Waals surface area contributed by atoms with Crippen molar-refractivity contribution in [2.24, 2.45) is 0 Å². The van der Waals surface area contributed by atoms with Crippen LogP contribution in [0.1, 0.15) is 12.0 Å². The number of non-ortho nitro benzene ring substituents is 1. The van der Waals surface area contributed by atoms with Gasteiger partial charge in [-0.3, -0.25) is 14.9 Å². The Labute approximate surface area is 150 Å². The van der Waals surface area contributed by atoms with E-state index in [9.17, 15) is 23.3 Å². The Morgan fingerprint density at radius 2 is 1.73 bits per heavy atom. The lowest BCUT2D eigenvalue weighted by atomic mass is 10.2. The number of rotatable bonds is 5. The summed E-state index contributed by atoms with van der Waals surface area (Å²) in [6.07, 6.45) is 0.0556. The van der Waals surface area contributed by atoms with E-state index in [0.29, 0.717) is 0 Å². The van der Waals surface area contributed by atoms with Gasteiger partial charge in [0.1, 0.15) is 0 Å². The van der Waals surface area contributed by atoms with E-state index in [4.69, 9.17) is 0 Å². The predicted molar refractivity (Wildman–Crippen MR) is 95.4 cm³/mol. The Kier molecular flexibility index (Phi) is 4.75. The van der Waals surface area contributed by atoms with Gasteiger partial charge in [-0.15, -0.1) is 0 Å². The number of hydrogen-bond donors (Lipinski definition) is 1. The van der Waals surface area contributed by atoms with Gasteiger partial charge in [0.25, 0.3) is 5.69 Å². The van der Waals surface area contributed by atoms with Crippen LogP contribution in [0.15, 0.2) is 53.4 Å². The number of nitro benzene ring substituents is 1. The van der Waals surface area contributed by atoms with E-state index in [1.807, 2.05) is 31.2 Å². The van der Waals surface area contributed by atoms with Crippen molar-refractivity contribution in [1.29, 1.82) is 0 Å². The normalized spacial score (nSPS) is 17.5. The molecule has 0 radical (unpaired) electrons. The Morgan fingerprint density at radius 3 is 2.31 bits per heavy atom. The summed E-state index contributed by atoms with van der Waals surface area (Å²) in [4.78, 5) is 23.8. The summed E-state index contributed by atoms with van der Waals surface area (Å²) in [5.41, 5.74) is 1.60. The van der Waals surface area contributed by atoms with Crippen molar-refractivity contribution in [2.75, 3.05) is 11.4 Å². The number of hydrogen-bond acceptors (Lipinski definition) is 5. The highest BCUT2D eigenvalue weighted by Crippen LogP contribution is 2.23. The van der Waals surface area contributed by atoms with Crippen LogP contribution in [0.2, 0.25) is 0 Å². The molecule has 26 heavy (non-hydrogen) atoms. The minimum Gasteiger partial charge on any atom is -0.311 e. The van der Waals surface area contributed by atoms with E-state index in [2.05, 4.69) is 4.72 Å². The van der Waals surface area contributed by atoms with Crippen molar-refractivity contribution in [3.8, 4) is 0 Å². The number of sulfonamides is 1. The zero-order valence-electron chi connectivity index (χ0n) is 14.0. The molecule has 2 aromatic rings. The Balaban J connectivity index is 1.73.